The van der Waals surface area contributed by atoms with Crippen LogP contribution in [0.4, 0.5) is 13.2 Å². The molecule has 0 aliphatic heterocycles. The number of nitrogens with zero attached hydrogens (tertiary/aromatic N) is 2. The lowest BCUT2D eigenvalue weighted by Crippen LogP contribution is -2.05. The van der Waals surface area contributed by atoms with Crippen molar-refractivity contribution in [2.45, 2.75) is 18.9 Å². The number of aryl methyl sites for hydroxylation is 2. The Morgan fingerprint density at radius 2 is 1.89 bits per heavy atom. The molecular weight excluding hydrogens is 257 g/mol. The SMILES string of the molecule is Cn1ccnc1CCC(O)c1cc(F)c(F)c(F)c1. The average molecular weight is 270 g/mol. The Kier molecular flexibility index (Phi) is 3.90. The molecule has 0 radical (unpaired) electrons. The minimum atomic E-state index is -1.53. The first kappa shape index (κ1) is 13.6. The van der Waals surface area contributed by atoms with Crippen molar-refractivity contribution in [2.24, 2.45) is 7.05 Å². The number of imidazole rings is 1. The summed E-state index contributed by atoms with van der Waals surface area (Å²) < 4.78 is 40.7. The van der Waals surface area contributed by atoms with E-state index in [0.29, 0.717) is 6.42 Å². The van der Waals surface area contributed by atoms with Crippen molar-refractivity contribution < 1.29 is 18.3 Å². The van der Waals surface area contributed by atoms with Gasteiger partial charge in [-0.25, -0.2) is 18.2 Å². The molecule has 6 heteroatoms. The van der Waals surface area contributed by atoms with Gasteiger partial charge in [0.05, 0.1) is 6.10 Å². The highest BCUT2D eigenvalue weighted by Gasteiger charge is 2.16. The second-order valence-corrected chi connectivity index (χ2v) is 4.31. The molecule has 1 N–H and O–H groups in total. The Morgan fingerprint density at radius 1 is 1.26 bits per heavy atom. The number of aromatic nitrogens is 2. The number of halogens is 3. The van der Waals surface area contributed by atoms with Gasteiger partial charge in [0.2, 0.25) is 0 Å². The van der Waals surface area contributed by atoms with E-state index in [1.54, 1.807) is 17.0 Å². The van der Waals surface area contributed by atoms with E-state index in [2.05, 4.69) is 4.98 Å². The van der Waals surface area contributed by atoms with Crippen LogP contribution >= 0.6 is 0 Å². The van der Waals surface area contributed by atoms with Crippen molar-refractivity contribution in [3.8, 4) is 0 Å². The third-order valence-corrected chi connectivity index (χ3v) is 2.95. The summed E-state index contributed by atoms with van der Waals surface area (Å²) in [5, 5.41) is 9.86. The second-order valence-electron chi connectivity index (χ2n) is 4.31. The number of aliphatic hydroxyl groups is 1. The first-order chi connectivity index (χ1) is 8.99. The Bertz CT molecular complexity index is 560. The summed E-state index contributed by atoms with van der Waals surface area (Å²) >= 11 is 0. The van der Waals surface area contributed by atoms with Gasteiger partial charge < -0.3 is 9.67 Å². The molecule has 0 aliphatic rings. The highest BCUT2D eigenvalue weighted by molar-refractivity contribution is 5.21. The molecule has 2 rings (SSSR count). The number of hydrogen-bond acceptors (Lipinski definition) is 2. The lowest BCUT2D eigenvalue weighted by atomic mass is 10.0. The molecule has 102 valence electrons. The van der Waals surface area contributed by atoms with Crippen LogP contribution < -0.4 is 0 Å². The van der Waals surface area contributed by atoms with Gasteiger partial charge in [-0.2, -0.15) is 0 Å². The van der Waals surface area contributed by atoms with Gasteiger partial charge in [-0.3, -0.25) is 0 Å². The van der Waals surface area contributed by atoms with E-state index in [9.17, 15) is 18.3 Å². The zero-order chi connectivity index (χ0) is 14.0. The van der Waals surface area contributed by atoms with E-state index < -0.39 is 23.6 Å². The van der Waals surface area contributed by atoms with Crippen molar-refractivity contribution in [3.05, 3.63) is 53.4 Å². The van der Waals surface area contributed by atoms with Gasteiger partial charge in [-0.15, -0.1) is 0 Å². The van der Waals surface area contributed by atoms with Gasteiger partial charge in [0.15, 0.2) is 17.5 Å². The predicted octanol–water partition coefficient (Wildman–Crippen LogP) is 2.50. The Hall–Kier alpha value is -1.82. The minimum absolute atomic E-state index is 0.0191. The third-order valence-electron chi connectivity index (χ3n) is 2.95. The smallest absolute Gasteiger partial charge is 0.194 e. The zero-order valence-corrected chi connectivity index (χ0v) is 10.3. The van der Waals surface area contributed by atoms with E-state index in [0.717, 1.165) is 18.0 Å². The highest BCUT2D eigenvalue weighted by Crippen LogP contribution is 2.22. The van der Waals surface area contributed by atoms with Crippen LogP contribution in [0.15, 0.2) is 24.5 Å². The van der Waals surface area contributed by atoms with Crippen LogP contribution in [0.25, 0.3) is 0 Å². The third kappa shape index (κ3) is 2.96. The van der Waals surface area contributed by atoms with Gasteiger partial charge in [0.25, 0.3) is 0 Å². The monoisotopic (exact) mass is 270 g/mol. The zero-order valence-electron chi connectivity index (χ0n) is 10.3. The maximum Gasteiger partial charge on any atom is 0.194 e. The molecule has 3 nitrogen and oxygen atoms in total. The molecule has 0 fully saturated rings. The van der Waals surface area contributed by atoms with Crippen molar-refractivity contribution >= 4 is 0 Å². The molecule has 0 saturated heterocycles. The van der Waals surface area contributed by atoms with Crippen LogP contribution in [0.3, 0.4) is 0 Å². The van der Waals surface area contributed by atoms with E-state index in [-0.39, 0.29) is 12.0 Å². The summed E-state index contributed by atoms with van der Waals surface area (Å²) in [6.07, 6.45) is 3.01. The molecule has 1 aromatic heterocycles. The fourth-order valence-electron chi connectivity index (χ4n) is 1.84. The maximum absolute atomic E-state index is 13.0. The highest BCUT2D eigenvalue weighted by atomic mass is 19.2. The first-order valence-electron chi connectivity index (χ1n) is 5.77. The van der Waals surface area contributed by atoms with E-state index >= 15 is 0 Å². The van der Waals surface area contributed by atoms with Gasteiger partial charge in [0, 0.05) is 25.9 Å². The van der Waals surface area contributed by atoms with Gasteiger partial charge in [-0.1, -0.05) is 0 Å². The van der Waals surface area contributed by atoms with Crippen molar-refractivity contribution in [1.82, 2.24) is 9.55 Å². The lowest BCUT2D eigenvalue weighted by molar-refractivity contribution is 0.165. The summed E-state index contributed by atoms with van der Waals surface area (Å²) in [5.74, 6) is -3.38. The molecule has 0 bridgehead atoms. The van der Waals surface area contributed by atoms with E-state index in [4.69, 9.17) is 0 Å². The van der Waals surface area contributed by atoms with Crippen LogP contribution in [0, 0.1) is 17.5 Å². The van der Waals surface area contributed by atoms with Crippen LogP contribution in [-0.2, 0) is 13.5 Å². The largest absolute Gasteiger partial charge is 0.388 e. The van der Waals surface area contributed by atoms with Crippen LogP contribution in [-0.4, -0.2) is 14.7 Å². The van der Waals surface area contributed by atoms with Gasteiger partial charge >= 0.3 is 0 Å². The van der Waals surface area contributed by atoms with Crippen molar-refractivity contribution in [2.75, 3.05) is 0 Å². The first-order valence-corrected chi connectivity index (χ1v) is 5.77. The Morgan fingerprint density at radius 3 is 2.42 bits per heavy atom. The van der Waals surface area contributed by atoms with Crippen LogP contribution in [0.1, 0.15) is 23.9 Å². The molecule has 1 atom stereocenters. The standard InChI is InChI=1S/C13H13F3N2O/c1-18-5-4-17-12(18)3-2-11(19)8-6-9(14)13(16)10(15)7-8/h4-7,11,19H,2-3H2,1H3. The molecule has 0 saturated carbocycles. The van der Waals surface area contributed by atoms with E-state index in [1.807, 2.05) is 7.05 Å². The Labute approximate surface area is 108 Å². The summed E-state index contributed by atoms with van der Waals surface area (Å²) in [5.41, 5.74) is 0.0191. The molecule has 0 spiro atoms. The lowest BCUT2D eigenvalue weighted by Gasteiger charge is -2.11. The fourth-order valence-corrected chi connectivity index (χ4v) is 1.84. The summed E-state index contributed by atoms with van der Waals surface area (Å²) in [6, 6.07) is 1.61. The minimum Gasteiger partial charge on any atom is -0.388 e. The van der Waals surface area contributed by atoms with Crippen LogP contribution in [0.2, 0.25) is 0 Å². The van der Waals surface area contributed by atoms with Crippen molar-refractivity contribution in [3.63, 3.8) is 0 Å². The molecular formula is C13H13F3N2O. The number of benzene rings is 1. The Balaban J connectivity index is 2.08. The molecule has 19 heavy (non-hydrogen) atoms. The quantitative estimate of drug-likeness (QED) is 0.867. The number of aliphatic hydroxyl groups excluding tert-OH is 1. The summed E-state index contributed by atoms with van der Waals surface area (Å²) in [4.78, 5) is 4.07. The molecule has 0 amide bonds. The molecule has 1 aromatic carbocycles. The van der Waals surface area contributed by atoms with Crippen LogP contribution in [0.5, 0.6) is 0 Å². The average Bonchev–Trinajstić information content (AvgIpc) is 2.78. The van der Waals surface area contributed by atoms with Gasteiger partial charge in [-0.05, 0) is 24.1 Å². The van der Waals surface area contributed by atoms with Gasteiger partial charge in [0.1, 0.15) is 5.82 Å². The molecule has 1 heterocycles. The number of rotatable bonds is 4. The fraction of sp³-hybridized carbons (Fsp3) is 0.308. The summed E-state index contributed by atoms with van der Waals surface area (Å²) in [6.45, 7) is 0. The molecule has 2 aromatic rings. The maximum atomic E-state index is 13.0. The molecule has 0 aliphatic carbocycles. The van der Waals surface area contributed by atoms with E-state index in [1.165, 1.54) is 0 Å². The second kappa shape index (κ2) is 5.44. The topological polar surface area (TPSA) is 38.0 Å². The molecule has 1 unspecified atom stereocenters. The summed E-state index contributed by atoms with van der Waals surface area (Å²) in [7, 11) is 1.81. The predicted molar refractivity (Wildman–Crippen MR) is 62.8 cm³/mol. The number of hydrogen-bond donors (Lipinski definition) is 1. The van der Waals surface area contributed by atoms with Crippen molar-refractivity contribution in [1.29, 1.82) is 0 Å². The normalized spacial score (nSPS) is 12.7.